The van der Waals surface area contributed by atoms with Gasteiger partial charge in [-0.1, -0.05) is 28.1 Å². The zero-order valence-corrected chi connectivity index (χ0v) is 21.3. The number of alkyl halides is 3. The van der Waals surface area contributed by atoms with Crippen molar-refractivity contribution in [2.45, 2.75) is 26.1 Å². The molecule has 12 heteroatoms. The molecule has 1 atom stereocenters. The number of primary amides is 1. The minimum absolute atomic E-state index is 0.211. The molecular formula is C26H20BrF3N4O4. The molecule has 0 saturated heterocycles. The number of halogens is 4. The van der Waals surface area contributed by atoms with E-state index in [-0.39, 0.29) is 16.9 Å². The summed E-state index contributed by atoms with van der Waals surface area (Å²) in [7, 11) is 0. The summed E-state index contributed by atoms with van der Waals surface area (Å²) in [5.74, 6) is -1.21. The quantitative estimate of drug-likeness (QED) is 0.248. The van der Waals surface area contributed by atoms with Crippen molar-refractivity contribution in [3.63, 3.8) is 0 Å². The molecule has 0 spiro atoms. The normalized spacial score (nSPS) is 14.8. The highest BCUT2D eigenvalue weighted by Crippen LogP contribution is 2.40. The van der Waals surface area contributed by atoms with Gasteiger partial charge in [-0.2, -0.15) is 0 Å². The van der Waals surface area contributed by atoms with E-state index in [2.05, 4.69) is 31.3 Å². The molecular weight excluding hydrogens is 569 g/mol. The van der Waals surface area contributed by atoms with Gasteiger partial charge in [0.2, 0.25) is 0 Å². The first-order valence-corrected chi connectivity index (χ1v) is 12.1. The Labute approximate surface area is 222 Å². The summed E-state index contributed by atoms with van der Waals surface area (Å²) in [4.78, 5) is 26.2. The third-order valence-corrected chi connectivity index (χ3v) is 6.57. The lowest BCUT2D eigenvalue weighted by Crippen LogP contribution is -2.41. The Morgan fingerprint density at radius 2 is 1.92 bits per heavy atom. The summed E-state index contributed by atoms with van der Waals surface area (Å²) in [5, 5.41) is 7.18. The third kappa shape index (κ3) is 5.12. The number of carbonyl (C=O) groups is 1. The van der Waals surface area contributed by atoms with Gasteiger partial charge in [-0.05, 0) is 60.5 Å². The number of nitrogens with one attached hydrogen (secondary N) is 2. The molecule has 2 heterocycles. The molecule has 1 unspecified atom stereocenters. The zero-order chi connectivity index (χ0) is 27.2. The molecule has 1 aromatic heterocycles. The first-order chi connectivity index (χ1) is 18.0. The molecule has 0 bridgehead atoms. The molecule has 5 rings (SSSR count). The number of benzene rings is 3. The van der Waals surface area contributed by atoms with Gasteiger partial charge in [-0.25, -0.2) is 4.79 Å². The number of aryl methyl sites for hydroxylation is 1. The standard InChI is InChI=1S/C26H20BrF3N4O4/c1-13-18-10-19-20(11-21(18)37-24(36)22(13)23(31)35)34(12-14-3-2-4-15(27)9-14)25(33-19)32-16-5-7-17(8-6-16)38-26(28,29)30/h2-11,25,32-33H,12H2,1H3,(H2,31,35). The Hall–Kier alpha value is -4.19. The van der Waals surface area contributed by atoms with Gasteiger partial charge < -0.3 is 30.4 Å². The van der Waals surface area contributed by atoms with Crippen LogP contribution in [-0.4, -0.2) is 18.6 Å². The van der Waals surface area contributed by atoms with E-state index in [0.717, 1.165) is 10.0 Å². The van der Waals surface area contributed by atoms with E-state index in [1.807, 2.05) is 29.2 Å². The van der Waals surface area contributed by atoms with Gasteiger partial charge in [0.1, 0.15) is 16.9 Å². The fourth-order valence-corrected chi connectivity index (χ4v) is 4.87. The number of nitrogens with two attached hydrogens (primary N) is 1. The van der Waals surface area contributed by atoms with Gasteiger partial charge in [0.15, 0.2) is 6.29 Å². The molecule has 4 N–H and O–H groups in total. The van der Waals surface area contributed by atoms with Gasteiger partial charge in [0, 0.05) is 28.2 Å². The number of hydrogen-bond donors (Lipinski definition) is 3. The molecule has 1 aliphatic heterocycles. The molecule has 0 aliphatic carbocycles. The van der Waals surface area contributed by atoms with Crippen molar-refractivity contribution in [1.82, 2.24) is 0 Å². The second-order valence-electron chi connectivity index (χ2n) is 8.64. The average Bonchev–Trinajstić information content (AvgIpc) is 3.14. The SMILES string of the molecule is Cc1c(C(N)=O)c(=O)oc2cc3c(cc12)NC(Nc1ccc(OC(F)(F)F)cc1)N3Cc1cccc(Br)c1. The largest absolute Gasteiger partial charge is 0.573 e. The van der Waals surface area contributed by atoms with Crippen LogP contribution >= 0.6 is 15.9 Å². The number of fused-ring (bicyclic) bond motifs is 2. The number of rotatable bonds is 6. The number of carbonyl (C=O) groups excluding carboxylic acids is 1. The Morgan fingerprint density at radius 1 is 1.18 bits per heavy atom. The molecule has 38 heavy (non-hydrogen) atoms. The second-order valence-corrected chi connectivity index (χ2v) is 9.56. The Balaban J connectivity index is 1.53. The summed E-state index contributed by atoms with van der Waals surface area (Å²) >= 11 is 3.48. The van der Waals surface area contributed by atoms with Crippen LogP contribution in [0.1, 0.15) is 21.5 Å². The van der Waals surface area contributed by atoms with Gasteiger partial charge >= 0.3 is 12.0 Å². The summed E-state index contributed by atoms with van der Waals surface area (Å²) in [6.45, 7) is 2.06. The lowest BCUT2D eigenvalue weighted by atomic mass is 10.0. The first-order valence-electron chi connectivity index (χ1n) is 11.3. The monoisotopic (exact) mass is 588 g/mol. The van der Waals surface area contributed by atoms with Crippen molar-refractivity contribution < 1.29 is 27.1 Å². The topological polar surface area (TPSA) is 110 Å². The average molecular weight is 589 g/mol. The Morgan fingerprint density at radius 3 is 2.58 bits per heavy atom. The van der Waals surface area contributed by atoms with E-state index in [1.165, 1.54) is 24.3 Å². The second kappa shape index (κ2) is 9.60. The number of nitrogens with zero attached hydrogens (tertiary/aromatic N) is 1. The summed E-state index contributed by atoms with van der Waals surface area (Å²) in [5.41, 5.74) is 7.95. The van der Waals surface area contributed by atoms with Crippen molar-refractivity contribution >= 4 is 49.9 Å². The minimum atomic E-state index is -4.78. The van der Waals surface area contributed by atoms with E-state index in [4.69, 9.17) is 10.2 Å². The molecule has 0 radical (unpaired) electrons. The fourth-order valence-electron chi connectivity index (χ4n) is 4.42. The van der Waals surface area contributed by atoms with Crippen LogP contribution in [0.15, 0.2) is 74.3 Å². The van der Waals surface area contributed by atoms with Gasteiger partial charge in [0.05, 0.1) is 11.4 Å². The van der Waals surface area contributed by atoms with E-state index in [1.54, 1.807) is 19.1 Å². The third-order valence-electron chi connectivity index (χ3n) is 6.08. The van der Waals surface area contributed by atoms with E-state index in [9.17, 15) is 22.8 Å². The fraction of sp³-hybridized carbons (Fsp3) is 0.154. The lowest BCUT2D eigenvalue weighted by molar-refractivity contribution is -0.274. The minimum Gasteiger partial charge on any atom is -0.422 e. The van der Waals surface area contributed by atoms with Crippen LogP contribution in [0, 0.1) is 6.92 Å². The highest BCUT2D eigenvalue weighted by Gasteiger charge is 2.32. The molecule has 3 aromatic carbocycles. The Bertz CT molecular complexity index is 1610. The molecule has 0 saturated carbocycles. The van der Waals surface area contributed by atoms with Crippen LogP contribution in [-0.2, 0) is 6.54 Å². The highest BCUT2D eigenvalue weighted by molar-refractivity contribution is 9.10. The van der Waals surface area contributed by atoms with Crippen LogP contribution < -0.4 is 31.6 Å². The van der Waals surface area contributed by atoms with Crippen LogP contribution in [0.4, 0.5) is 30.2 Å². The van der Waals surface area contributed by atoms with Crippen LogP contribution in [0.2, 0.25) is 0 Å². The number of anilines is 3. The van der Waals surface area contributed by atoms with Crippen molar-refractivity contribution in [2.24, 2.45) is 5.73 Å². The maximum absolute atomic E-state index is 12.5. The van der Waals surface area contributed by atoms with Gasteiger partial charge in [-0.15, -0.1) is 13.2 Å². The van der Waals surface area contributed by atoms with Crippen LogP contribution in [0.5, 0.6) is 5.75 Å². The number of ether oxygens (including phenoxy) is 1. The van der Waals surface area contributed by atoms with Gasteiger partial charge in [-0.3, -0.25) is 4.79 Å². The summed E-state index contributed by atoms with van der Waals surface area (Å²) in [6, 6.07) is 16.6. The number of amides is 1. The number of hydrogen-bond acceptors (Lipinski definition) is 7. The predicted molar refractivity (Wildman–Crippen MR) is 140 cm³/mol. The Kier molecular flexibility index (Phi) is 6.43. The molecule has 8 nitrogen and oxygen atoms in total. The predicted octanol–water partition coefficient (Wildman–Crippen LogP) is 5.69. The summed E-state index contributed by atoms with van der Waals surface area (Å²) in [6.07, 6.45) is -5.31. The van der Waals surface area contributed by atoms with Gasteiger partial charge in [0.25, 0.3) is 5.91 Å². The van der Waals surface area contributed by atoms with Crippen LogP contribution in [0.25, 0.3) is 11.0 Å². The maximum Gasteiger partial charge on any atom is 0.573 e. The molecule has 1 amide bonds. The zero-order valence-electron chi connectivity index (χ0n) is 19.7. The first kappa shape index (κ1) is 25.5. The lowest BCUT2D eigenvalue weighted by Gasteiger charge is -2.28. The van der Waals surface area contributed by atoms with Crippen molar-refractivity contribution in [2.75, 3.05) is 15.5 Å². The molecule has 196 valence electrons. The molecule has 0 fully saturated rings. The van der Waals surface area contributed by atoms with E-state index in [0.29, 0.717) is 34.6 Å². The molecule has 4 aromatic rings. The highest BCUT2D eigenvalue weighted by atomic mass is 79.9. The van der Waals surface area contributed by atoms with Crippen molar-refractivity contribution in [3.8, 4) is 5.75 Å². The smallest absolute Gasteiger partial charge is 0.422 e. The molecule has 1 aliphatic rings. The van der Waals surface area contributed by atoms with Crippen LogP contribution in [0.3, 0.4) is 0 Å². The van der Waals surface area contributed by atoms with Crippen molar-refractivity contribution in [3.05, 3.63) is 92.2 Å². The van der Waals surface area contributed by atoms with Crippen molar-refractivity contribution in [1.29, 1.82) is 0 Å². The maximum atomic E-state index is 12.5. The van der Waals surface area contributed by atoms with E-state index < -0.39 is 24.2 Å². The summed E-state index contributed by atoms with van der Waals surface area (Å²) < 4.78 is 47.9. The van der Waals surface area contributed by atoms with E-state index >= 15 is 0 Å².